The van der Waals surface area contributed by atoms with Crippen LogP contribution in [0.15, 0.2) is 36.4 Å². The SMILES string of the molecule is C=C/C(=C\C)C(C)(C)CNc1ccc(NC(=O)C2CCCNC2=O)nn1. The molecule has 1 aromatic rings. The minimum atomic E-state index is -0.665. The van der Waals surface area contributed by atoms with Crippen molar-refractivity contribution in [3.8, 4) is 0 Å². The molecule has 1 unspecified atom stereocenters. The summed E-state index contributed by atoms with van der Waals surface area (Å²) in [6.45, 7) is 11.4. The molecule has 1 aliphatic rings. The van der Waals surface area contributed by atoms with Gasteiger partial charge in [0.2, 0.25) is 11.8 Å². The van der Waals surface area contributed by atoms with Gasteiger partial charge in [0.15, 0.2) is 5.82 Å². The number of anilines is 2. The maximum Gasteiger partial charge on any atom is 0.238 e. The average Bonchev–Trinajstić information content (AvgIpc) is 2.62. The molecule has 1 aliphatic heterocycles. The molecule has 0 bridgehead atoms. The van der Waals surface area contributed by atoms with Crippen molar-refractivity contribution in [1.82, 2.24) is 15.5 Å². The number of carbonyl (C=O) groups excluding carboxylic acids is 2. The molecule has 7 heteroatoms. The second-order valence-electron chi connectivity index (χ2n) is 6.96. The van der Waals surface area contributed by atoms with Crippen LogP contribution in [0, 0.1) is 11.3 Å². The van der Waals surface area contributed by atoms with Crippen LogP contribution in [0.5, 0.6) is 0 Å². The van der Waals surface area contributed by atoms with Gasteiger partial charge in [0.1, 0.15) is 11.7 Å². The molecule has 0 spiro atoms. The van der Waals surface area contributed by atoms with E-state index in [-0.39, 0.29) is 17.2 Å². The lowest BCUT2D eigenvalue weighted by molar-refractivity contribution is -0.134. The van der Waals surface area contributed by atoms with Crippen LogP contribution >= 0.6 is 0 Å². The second kappa shape index (κ2) is 8.60. The summed E-state index contributed by atoms with van der Waals surface area (Å²) < 4.78 is 0. The van der Waals surface area contributed by atoms with Gasteiger partial charge < -0.3 is 16.0 Å². The minimum absolute atomic E-state index is 0.0978. The maximum absolute atomic E-state index is 12.2. The van der Waals surface area contributed by atoms with Gasteiger partial charge in [-0.15, -0.1) is 10.2 Å². The number of hydrogen-bond acceptors (Lipinski definition) is 5. The summed E-state index contributed by atoms with van der Waals surface area (Å²) in [5.41, 5.74) is 1.05. The number of carbonyl (C=O) groups is 2. The fraction of sp³-hybridized carbons (Fsp3) is 0.474. The number of nitrogens with one attached hydrogen (secondary N) is 3. The molecular weight excluding hydrogens is 330 g/mol. The Bertz CT molecular complexity index is 694. The standard InChI is InChI=1S/C19H27N5O2/c1-5-13(6-2)19(3,4)12-21-15-9-10-16(24-23-15)22-18(26)14-8-7-11-20-17(14)25/h5-6,9-10,14H,1,7-8,11-12H2,2-4H3,(H,20,25)(H,21,23)(H,22,24,26)/b13-6+. The molecule has 1 aromatic heterocycles. The van der Waals surface area contributed by atoms with Crippen LogP contribution in [0.2, 0.25) is 0 Å². The van der Waals surface area contributed by atoms with Gasteiger partial charge in [-0.25, -0.2) is 0 Å². The molecule has 2 heterocycles. The third-order valence-electron chi connectivity index (χ3n) is 4.54. The predicted octanol–water partition coefficient (Wildman–Crippen LogP) is 2.51. The van der Waals surface area contributed by atoms with Crippen molar-refractivity contribution >= 4 is 23.5 Å². The van der Waals surface area contributed by atoms with E-state index in [1.807, 2.05) is 19.1 Å². The Morgan fingerprint density at radius 2 is 2.08 bits per heavy atom. The van der Waals surface area contributed by atoms with E-state index in [1.54, 1.807) is 12.1 Å². The van der Waals surface area contributed by atoms with Gasteiger partial charge in [0.25, 0.3) is 0 Å². The zero-order chi connectivity index (χ0) is 19.2. The van der Waals surface area contributed by atoms with E-state index in [1.165, 1.54) is 0 Å². The Labute approximate surface area is 154 Å². The second-order valence-corrected chi connectivity index (χ2v) is 6.96. The first-order chi connectivity index (χ1) is 12.4. The number of aromatic nitrogens is 2. The molecule has 0 radical (unpaired) electrons. The predicted molar refractivity (Wildman–Crippen MR) is 103 cm³/mol. The van der Waals surface area contributed by atoms with Gasteiger partial charge in [-0.1, -0.05) is 32.6 Å². The van der Waals surface area contributed by atoms with E-state index < -0.39 is 5.92 Å². The lowest BCUT2D eigenvalue weighted by Gasteiger charge is -2.26. The molecular formula is C19H27N5O2. The van der Waals surface area contributed by atoms with Crippen molar-refractivity contribution in [3.05, 3.63) is 36.4 Å². The first-order valence-corrected chi connectivity index (χ1v) is 8.83. The Kier molecular flexibility index (Phi) is 6.49. The molecule has 26 heavy (non-hydrogen) atoms. The van der Waals surface area contributed by atoms with Crippen LogP contribution in [0.1, 0.15) is 33.6 Å². The van der Waals surface area contributed by atoms with Crippen molar-refractivity contribution in [2.24, 2.45) is 11.3 Å². The largest absolute Gasteiger partial charge is 0.368 e. The molecule has 2 amide bonds. The normalized spacial score (nSPS) is 18.0. The number of nitrogens with zero attached hydrogens (tertiary/aromatic N) is 2. The van der Waals surface area contributed by atoms with Crippen LogP contribution in [0.3, 0.4) is 0 Å². The molecule has 7 nitrogen and oxygen atoms in total. The molecule has 140 valence electrons. The van der Waals surface area contributed by atoms with Crippen LogP contribution in [0.4, 0.5) is 11.6 Å². The first-order valence-electron chi connectivity index (χ1n) is 8.83. The number of rotatable bonds is 7. The third-order valence-corrected chi connectivity index (χ3v) is 4.54. The summed E-state index contributed by atoms with van der Waals surface area (Å²) in [5, 5.41) is 16.7. The fourth-order valence-electron chi connectivity index (χ4n) is 2.93. The summed E-state index contributed by atoms with van der Waals surface area (Å²) in [6, 6.07) is 3.42. The summed E-state index contributed by atoms with van der Waals surface area (Å²) in [5.74, 6) is -0.294. The highest BCUT2D eigenvalue weighted by Crippen LogP contribution is 2.27. The summed E-state index contributed by atoms with van der Waals surface area (Å²) in [7, 11) is 0. The summed E-state index contributed by atoms with van der Waals surface area (Å²) in [6.07, 6.45) is 5.25. The Morgan fingerprint density at radius 3 is 2.65 bits per heavy atom. The van der Waals surface area contributed by atoms with Gasteiger partial charge in [0.05, 0.1) is 0 Å². The van der Waals surface area contributed by atoms with E-state index in [9.17, 15) is 9.59 Å². The van der Waals surface area contributed by atoms with Crippen molar-refractivity contribution < 1.29 is 9.59 Å². The molecule has 0 aromatic carbocycles. The van der Waals surface area contributed by atoms with E-state index in [0.717, 1.165) is 12.0 Å². The van der Waals surface area contributed by atoms with E-state index >= 15 is 0 Å². The van der Waals surface area contributed by atoms with E-state index in [4.69, 9.17) is 0 Å². The topological polar surface area (TPSA) is 96.0 Å². The van der Waals surface area contributed by atoms with Gasteiger partial charge in [-0.3, -0.25) is 9.59 Å². The first kappa shape index (κ1) is 19.6. The average molecular weight is 357 g/mol. The van der Waals surface area contributed by atoms with Crippen LogP contribution in [-0.4, -0.2) is 35.1 Å². The van der Waals surface area contributed by atoms with Crippen molar-refractivity contribution in [3.63, 3.8) is 0 Å². The fourth-order valence-corrected chi connectivity index (χ4v) is 2.93. The highest BCUT2D eigenvalue weighted by atomic mass is 16.2. The number of hydrogen-bond donors (Lipinski definition) is 3. The van der Waals surface area contributed by atoms with Gasteiger partial charge in [-0.05, 0) is 37.5 Å². The minimum Gasteiger partial charge on any atom is -0.368 e. The third kappa shape index (κ3) is 4.91. The zero-order valence-corrected chi connectivity index (χ0v) is 15.6. The smallest absolute Gasteiger partial charge is 0.238 e. The molecule has 1 saturated heterocycles. The monoisotopic (exact) mass is 357 g/mol. The molecule has 3 N–H and O–H groups in total. The quantitative estimate of drug-likeness (QED) is 0.515. The summed E-state index contributed by atoms with van der Waals surface area (Å²) in [4.78, 5) is 23.9. The maximum atomic E-state index is 12.2. The Balaban J connectivity index is 1.93. The summed E-state index contributed by atoms with van der Waals surface area (Å²) >= 11 is 0. The zero-order valence-electron chi connectivity index (χ0n) is 15.6. The molecule has 1 fully saturated rings. The van der Waals surface area contributed by atoms with E-state index in [0.29, 0.717) is 31.1 Å². The molecule has 2 rings (SSSR count). The highest BCUT2D eigenvalue weighted by Gasteiger charge is 2.29. The lowest BCUT2D eigenvalue weighted by atomic mass is 9.84. The van der Waals surface area contributed by atoms with Crippen molar-refractivity contribution in [1.29, 1.82) is 0 Å². The van der Waals surface area contributed by atoms with Gasteiger partial charge in [-0.2, -0.15) is 0 Å². The lowest BCUT2D eigenvalue weighted by Crippen LogP contribution is -2.42. The van der Waals surface area contributed by atoms with E-state index in [2.05, 4.69) is 46.6 Å². The van der Waals surface area contributed by atoms with Crippen LogP contribution < -0.4 is 16.0 Å². The highest BCUT2D eigenvalue weighted by molar-refractivity contribution is 6.06. The van der Waals surface area contributed by atoms with Crippen molar-refractivity contribution in [2.45, 2.75) is 33.6 Å². The Morgan fingerprint density at radius 1 is 1.38 bits per heavy atom. The van der Waals surface area contributed by atoms with Crippen molar-refractivity contribution in [2.75, 3.05) is 23.7 Å². The van der Waals surface area contributed by atoms with Crippen LogP contribution in [0.25, 0.3) is 0 Å². The molecule has 1 atom stereocenters. The van der Waals surface area contributed by atoms with Gasteiger partial charge >= 0.3 is 0 Å². The Hall–Kier alpha value is -2.70. The van der Waals surface area contributed by atoms with Gasteiger partial charge in [0, 0.05) is 18.5 Å². The number of piperidine rings is 1. The molecule has 0 saturated carbocycles. The number of allylic oxidation sites excluding steroid dienone is 2. The molecule has 0 aliphatic carbocycles. The van der Waals surface area contributed by atoms with Crippen LogP contribution in [-0.2, 0) is 9.59 Å². The number of amides is 2.